The Morgan fingerprint density at radius 1 is 1.53 bits per heavy atom. The minimum atomic E-state index is -0.926. The molecule has 0 saturated heterocycles. The molecule has 0 unspecified atom stereocenters. The zero-order valence-corrected chi connectivity index (χ0v) is 11.4. The van der Waals surface area contributed by atoms with E-state index in [0.29, 0.717) is 24.7 Å². The van der Waals surface area contributed by atoms with Crippen molar-refractivity contribution in [2.75, 3.05) is 31.7 Å². The van der Waals surface area contributed by atoms with Gasteiger partial charge in [0, 0.05) is 25.9 Å². The standard InChI is InChI=1S/C14H20N2O3/c1-10-7-12(14(17)18)8-13(15-10)16(2)5-6-19-9-11-3-4-11/h7-8,11H,3-6,9H2,1-2H3,(H,17,18). The van der Waals surface area contributed by atoms with Crippen molar-refractivity contribution in [2.45, 2.75) is 19.8 Å². The maximum atomic E-state index is 11.0. The summed E-state index contributed by atoms with van der Waals surface area (Å²) in [5.74, 6) is 0.513. The number of rotatable bonds is 7. The first-order chi connectivity index (χ1) is 9.06. The molecule has 1 aromatic heterocycles. The number of nitrogens with zero attached hydrogens (tertiary/aromatic N) is 2. The second kappa shape index (κ2) is 6.02. The number of pyridine rings is 1. The largest absolute Gasteiger partial charge is 0.478 e. The Balaban J connectivity index is 1.89. The topological polar surface area (TPSA) is 62.7 Å². The van der Waals surface area contributed by atoms with E-state index >= 15 is 0 Å². The lowest BCUT2D eigenvalue weighted by molar-refractivity contribution is 0.0696. The van der Waals surface area contributed by atoms with Crippen molar-refractivity contribution in [1.82, 2.24) is 4.98 Å². The molecule has 2 rings (SSSR count). The van der Waals surface area contributed by atoms with E-state index in [4.69, 9.17) is 9.84 Å². The molecule has 19 heavy (non-hydrogen) atoms. The molecule has 0 bridgehead atoms. The average molecular weight is 264 g/mol. The number of aromatic nitrogens is 1. The Morgan fingerprint density at radius 3 is 2.89 bits per heavy atom. The van der Waals surface area contributed by atoms with Gasteiger partial charge in [-0.1, -0.05) is 0 Å². The Morgan fingerprint density at radius 2 is 2.26 bits per heavy atom. The minimum absolute atomic E-state index is 0.272. The van der Waals surface area contributed by atoms with Crippen molar-refractivity contribution >= 4 is 11.8 Å². The van der Waals surface area contributed by atoms with E-state index in [1.54, 1.807) is 19.1 Å². The van der Waals surface area contributed by atoms with Crippen molar-refractivity contribution in [3.05, 3.63) is 23.4 Å². The highest BCUT2D eigenvalue weighted by Gasteiger charge is 2.21. The van der Waals surface area contributed by atoms with Gasteiger partial charge in [0.15, 0.2) is 0 Å². The first-order valence-corrected chi connectivity index (χ1v) is 6.57. The Bertz CT molecular complexity index is 458. The van der Waals surface area contributed by atoms with Crippen molar-refractivity contribution < 1.29 is 14.6 Å². The van der Waals surface area contributed by atoms with E-state index in [9.17, 15) is 4.79 Å². The number of likely N-dealkylation sites (N-methyl/N-ethyl adjacent to an activating group) is 1. The quantitative estimate of drug-likeness (QED) is 0.763. The Labute approximate surface area is 113 Å². The van der Waals surface area contributed by atoms with E-state index in [0.717, 1.165) is 12.5 Å². The van der Waals surface area contributed by atoms with Gasteiger partial charge in [0.2, 0.25) is 0 Å². The molecule has 1 heterocycles. The van der Waals surface area contributed by atoms with Gasteiger partial charge in [0.1, 0.15) is 5.82 Å². The first kappa shape index (κ1) is 13.8. The molecule has 5 nitrogen and oxygen atoms in total. The molecule has 1 aliphatic carbocycles. The van der Waals surface area contributed by atoms with E-state index < -0.39 is 5.97 Å². The van der Waals surface area contributed by atoms with Gasteiger partial charge in [-0.25, -0.2) is 9.78 Å². The Kier molecular flexibility index (Phi) is 4.37. The molecular weight excluding hydrogens is 244 g/mol. The molecule has 0 atom stereocenters. The SMILES string of the molecule is Cc1cc(C(=O)O)cc(N(C)CCOCC2CC2)n1. The normalized spacial score (nSPS) is 14.4. The van der Waals surface area contributed by atoms with Gasteiger partial charge in [0.25, 0.3) is 0 Å². The fourth-order valence-electron chi connectivity index (χ4n) is 1.82. The summed E-state index contributed by atoms with van der Waals surface area (Å²) in [6, 6.07) is 3.17. The zero-order valence-electron chi connectivity index (χ0n) is 11.4. The van der Waals surface area contributed by atoms with E-state index in [1.165, 1.54) is 12.8 Å². The van der Waals surface area contributed by atoms with E-state index in [-0.39, 0.29) is 5.56 Å². The van der Waals surface area contributed by atoms with E-state index in [2.05, 4.69) is 4.98 Å². The van der Waals surface area contributed by atoms with Crippen LogP contribution in [0.4, 0.5) is 5.82 Å². The van der Waals surface area contributed by atoms with Gasteiger partial charge < -0.3 is 14.7 Å². The molecule has 1 aliphatic rings. The molecule has 1 saturated carbocycles. The number of carboxylic acid groups (broad SMARTS) is 1. The van der Waals surface area contributed by atoms with Gasteiger partial charge in [-0.15, -0.1) is 0 Å². The first-order valence-electron chi connectivity index (χ1n) is 6.57. The summed E-state index contributed by atoms with van der Waals surface area (Å²) in [5, 5.41) is 9.03. The Hall–Kier alpha value is -1.62. The van der Waals surface area contributed by atoms with Crippen LogP contribution < -0.4 is 4.90 Å². The zero-order chi connectivity index (χ0) is 13.8. The lowest BCUT2D eigenvalue weighted by Crippen LogP contribution is -2.24. The predicted octanol–water partition coefficient (Wildman–Crippen LogP) is 1.95. The number of anilines is 1. The van der Waals surface area contributed by atoms with Gasteiger partial charge in [-0.05, 0) is 37.8 Å². The number of ether oxygens (including phenoxy) is 1. The molecule has 1 N–H and O–H groups in total. The maximum Gasteiger partial charge on any atom is 0.335 e. The molecular formula is C14H20N2O3. The number of hydrogen-bond acceptors (Lipinski definition) is 4. The monoisotopic (exact) mass is 264 g/mol. The molecule has 0 radical (unpaired) electrons. The highest BCUT2D eigenvalue weighted by atomic mass is 16.5. The summed E-state index contributed by atoms with van der Waals surface area (Å²) < 4.78 is 5.57. The van der Waals surface area contributed by atoms with Crippen molar-refractivity contribution in [1.29, 1.82) is 0 Å². The molecule has 5 heteroatoms. The van der Waals surface area contributed by atoms with Crippen molar-refractivity contribution in [2.24, 2.45) is 5.92 Å². The van der Waals surface area contributed by atoms with Crippen LogP contribution in [0.1, 0.15) is 28.9 Å². The van der Waals surface area contributed by atoms with Crippen LogP contribution in [0.3, 0.4) is 0 Å². The van der Waals surface area contributed by atoms with Crippen LogP contribution in [0.5, 0.6) is 0 Å². The summed E-state index contributed by atoms with van der Waals surface area (Å²) in [6.45, 7) is 4.00. The molecule has 0 amide bonds. The predicted molar refractivity (Wildman–Crippen MR) is 72.7 cm³/mol. The lowest BCUT2D eigenvalue weighted by Gasteiger charge is -2.19. The number of carboxylic acids is 1. The molecule has 1 fully saturated rings. The van der Waals surface area contributed by atoms with Crippen LogP contribution in [0, 0.1) is 12.8 Å². The van der Waals surface area contributed by atoms with E-state index in [1.807, 2.05) is 11.9 Å². The van der Waals surface area contributed by atoms with Gasteiger partial charge >= 0.3 is 5.97 Å². The minimum Gasteiger partial charge on any atom is -0.478 e. The van der Waals surface area contributed by atoms with Gasteiger partial charge in [-0.3, -0.25) is 0 Å². The van der Waals surface area contributed by atoms with Crippen molar-refractivity contribution in [3.8, 4) is 0 Å². The summed E-state index contributed by atoms with van der Waals surface area (Å²) in [7, 11) is 1.90. The van der Waals surface area contributed by atoms with Crippen LogP contribution >= 0.6 is 0 Å². The number of carbonyl (C=O) groups is 1. The summed E-state index contributed by atoms with van der Waals surface area (Å²) in [5.41, 5.74) is 0.980. The molecule has 0 spiro atoms. The average Bonchev–Trinajstić information content (AvgIpc) is 3.17. The summed E-state index contributed by atoms with van der Waals surface area (Å²) >= 11 is 0. The van der Waals surface area contributed by atoms with Crippen LogP contribution in [-0.2, 0) is 4.74 Å². The van der Waals surface area contributed by atoms with Crippen LogP contribution in [0.15, 0.2) is 12.1 Å². The number of aromatic carboxylic acids is 1. The fraction of sp³-hybridized carbons (Fsp3) is 0.571. The van der Waals surface area contributed by atoms with Gasteiger partial charge in [0.05, 0.1) is 12.2 Å². The summed E-state index contributed by atoms with van der Waals surface area (Å²) in [6.07, 6.45) is 2.58. The van der Waals surface area contributed by atoms with Crippen molar-refractivity contribution in [3.63, 3.8) is 0 Å². The third kappa shape index (κ3) is 4.21. The van der Waals surface area contributed by atoms with Gasteiger partial charge in [-0.2, -0.15) is 0 Å². The smallest absolute Gasteiger partial charge is 0.335 e. The fourth-order valence-corrected chi connectivity index (χ4v) is 1.82. The molecule has 1 aromatic rings. The lowest BCUT2D eigenvalue weighted by atomic mass is 10.2. The highest BCUT2D eigenvalue weighted by molar-refractivity contribution is 5.88. The summed E-state index contributed by atoms with van der Waals surface area (Å²) in [4.78, 5) is 17.3. The molecule has 0 aliphatic heterocycles. The second-order valence-electron chi connectivity index (χ2n) is 5.10. The molecule has 0 aromatic carbocycles. The van der Waals surface area contributed by atoms with Crippen LogP contribution in [0.2, 0.25) is 0 Å². The van der Waals surface area contributed by atoms with Crippen LogP contribution in [0.25, 0.3) is 0 Å². The maximum absolute atomic E-state index is 11.0. The third-order valence-corrected chi connectivity index (χ3v) is 3.20. The number of aryl methyl sites for hydroxylation is 1. The highest BCUT2D eigenvalue weighted by Crippen LogP contribution is 2.28. The molecule has 104 valence electrons. The third-order valence-electron chi connectivity index (χ3n) is 3.20. The van der Waals surface area contributed by atoms with Crippen LogP contribution in [-0.4, -0.2) is 42.9 Å². The second-order valence-corrected chi connectivity index (χ2v) is 5.10. The number of hydrogen-bond donors (Lipinski definition) is 1.